The Hall–Kier alpha value is -1.28. The molecule has 1 aliphatic carbocycles. The van der Waals surface area contributed by atoms with Gasteiger partial charge in [-0.25, -0.2) is 0 Å². The molecule has 2 nitrogen and oxygen atoms in total. The van der Waals surface area contributed by atoms with Gasteiger partial charge in [-0.3, -0.25) is 0 Å². The molecule has 1 saturated carbocycles. The molecule has 0 aromatic heterocycles. The minimum absolute atomic E-state index is 0.760. The maximum Gasteiger partial charge on any atom is 0.126 e. The Labute approximate surface area is 136 Å². The molecule has 2 heteroatoms. The number of nitrogens with zero attached hydrogens (tertiary/aromatic N) is 1. The predicted molar refractivity (Wildman–Crippen MR) is 95.3 cm³/mol. The molecule has 0 saturated heterocycles. The number of likely N-dealkylation sites (N-methyl/N-ethyl adjacent to an activating group) is 1. The van der Waals surface area contributed by atoms with E-state index in [2.05, 4.69) is 55.2 Å². The molecule has 1 aromatic rings. The van der Waals surface area contributed by atoms with Gasteiger partial charge in [0.25, 0.3) is 0 Å². The normalized spacial score (nSPS) is 16.5. The van der Waals surface area contributed by atoms with Crippen molar-refractivity contribution in [3.05, 3.63) is 35.9 Å². The number of ether oxygens (including phenoxy) is 1. The van der Waals surface area contributed by atoms with Gasteiger partial charge in [0.1, 0.15) is 12.4 Å². The maximum atomic E-state index is 6.02. The van der Waals surface area contributed by atoms with Crippen LogP contribution in [-0.4, -0.2) is 31.1 Å². The minimum Gasteiger partial charge on any atom is -0.492 e. The van der Waals surface area contributed by atoms with E-state index < -0.39 is 0 Å². The number of hydrogen-bond acceptors (Lipinski definition) is 2. The lowest BCUT2D eigenvalue weighted by Gasteiger charge is -2.19. The topological polar surface area (TPSA) is 12.5 Å². The fraction of sp³-hybridized carbons (Fsp3) is 0.600. The highest BCUT2D eigenvalue weighted by Gasteiger charge is 2.10. The summed E-state index contributed by atoms with van der Waals surface area (Å²) in [5.41, 5.74) is 1.22. The van der Waals surface area contributed by atoms with Crippen molar-refractivity contribution >= 4 is 6.08 Å². The third-order valence-electron chi connectivity index (χ3n) is 4.68. The van der Waals surface area contributed by atoms with Gasteiger partial charge >= 0.3 is 0 Å². The summed E-state index contributed by atoms with van der Waals surface area (Å²) >= 11 is 0. The van der Waals surface area contributed by atoms with Crippen molar-refractivity contribution in [3.8, 4) is 5.75 Å². The number of allylic oxidation sites excluding steroid dienone is 1. The van der Waals surface area contributed by atoms with Crippen molar-refractivity contribution in [3.63, 3.8) is 0 Å². The molecule has 122 valence electrons. The van der Waals surface area contributed by atoms with Crippen LogP contribution in [-0.2, 0) is 0 Å². The van der Waals surface area contributed by atoms with Gasteiger partial charge in [0.15, 0.2) is 0 Å². The molecule has 2 rings (SSSR count). The molecule has 22 heavy (non-hydrogen) atoms. The predicted octanol–water partition coefficient (Wildman–Crippen LogP) is 5.00. The number of hydrogen-bond donors (Lipinski definition) is 0. The zero-order valence-electron chi connectivity index (χ0n) is 14.3. The first-order valence-electron chi connectivity index (χ1n) is 8.95. The Balaban J connectivity index is 1.90. The number of rotatable bonds is 8. The summed E-state index contributed by atoms with van der Waals surface area (Å²) in [5, 5.41) is 0. The van der Waals surface area contributed by atoms with Crippen LogP contribution in [0.1, 0.15) is 51.5 Å². The van der Waals surface area contributed by atoms with E-state index in [4.69, 9.17) is 4.74 Å². The molecule has 0 radical (unpaired) electrons. The average molecular weight is 301 g/mol. The summed E-state index contributed by atoms with van der Waals surface area (Å²) in [5.74, 6) is 1.78. The molecule has 0 amide bonds. The van der Waals surface area contributed by atoms with Gasteiger partial charge in [-0.2, -0.15) is 0 Å². The van der Waals surface area contributed by atoms with Crippen molar-refractivity contribution in [2.24, 2.45) is 5.92 Å². The highest BCUT2D eigenvalue weighted by Crippen LogP contribution is 2.27. The molecule has 1 fully saturated rings. The molecule has 0 atom stereocenters. The fourth-order valence-electron chi connectivity index (χ4n) is 3.14. The van der Waals surface area contributed by atoms with Crippen LogP contribution in [0.2, 0.25) is 0 Å². The van der Waals surface area contributed by atoms with Crippen LogP contribution in [0.15, 0.2) is 30.3 Å². The van der Waals surface area contributed by atoms with Crippen LogP contribution in [0.25, 0.3) is 6.08 Å². The first-order valence-corrected chi connectivity index (χ1v) is 8.95. The average Bonchev–Trinajstić information content (AvgIpc) is 2.59. The minimum atomic E-state index is 0.760. The zero-order valence-corrected chi connectivity index (χ0v) is 14.3. The number of benzene rings is 1. The van der Waals surface area contributed by atoms with Crippen LogP contribution in [0.4, 0.5) is 0 Å². The van der Waals surface area contributed by atoms with Crippen molar-refractivity contribution < 1.29 is 4.74 Å². The van der Waals surface area contributed by atoms with Crippen molar-refractivity contribution in [1.29, 1.82) is 0 Å². The van der Waals surface area contributed by atoms with E-state index in [-0.39, 0.29) is 0 Å². The maximum absolute atomic E-state index is 6.02. The van der Waals surface area contributed by atoms with Gasteiger partial charge in [0.2, 0.25) is 0 Å². The van der Waals surface area contributed by atoms with E-state index >= 15 is 0 Å². The smallest absolute Gasteiger partial charge is 0.126 e. The summed E-state index contributed by atoms with van der Waals surface area (Å²) in [6.45, 7) is 8.32. The number of para-hydroxylation sites is 1. The van der Waals surface area contributed by atoms with Crippen LogP contribution in [0.3, 0.4) is 0 Å². The summed E-state index contributed by atoms with van der Waals surface area (Å²) in [7, 11) is 0. The SMILES string of the molecule is CCN(CC)CCOc1ccccc1/C=C/C1CCCCC1. The summed E-state index contributed by atoms with van der Waals surface area (Å²) in [6, 6.07) is 8.40. The fourth-order valence-corrected chi connectivity index (χ4v) is 3.14. The van der Waals surface area contributed by atoms with Crippen molar-refractivity contribution in [2.75, 3.05) is 26.2 Å². The Bertz CT molecular complexity index is 445. The molecule has 1 aliphatic rings. The van der Waals surface area contributed by atoms with Crippen molar-refractivity contribution in [1.82, 2.24) is 4.90 Å². The second kappa shape index (κ2) is 9.68. The molecule has 0 unspecified atom stereocenters. The molecular formula is C20H31NO. The van der Waals surface area contributed by atoms with Gasteiger partial charge in [-0.05, 0) is 37.9 Å². The van der Waals surface area contributed by atoms with E-state index in [1.165, 1.54) is 37.7 Å². The van der Waals surface area contributed by atoms with E-state index in [0.29, 0.717) is 0 Å². The lowest BCUT2D eigenvalue weighted by Crippen LogP contribution is -2.27. The Kier molecular flexibility index (Phi) is 7.51. The van der Waals surface area contributed by atoms with Crippen LogP contribution < -0.4 is 4.74 Å². The van der Waals surface area contributed by atoms with Crippen LogP contribution >= 0.6 is 0 Å². The third-order valence-corrected chi connectivity index (χ3v) is 4.68. The molecule has 1 aromatic carbocycles. The summed E-state index contributed by atoms with van der Waals surface area (Å²) in [4.78, 5) is 2.39. The Morgan fingerprint density at radius 2 is 1.82 bits per heavy atom. The monoisotopic (exact) mass is 301 g/mol. The van der Waals surface area contributed by atoms with Gasteiger partial charge < -0.3 is 9.64 Å². The summed E-state index contributed by atoms with van der Waals surface area (Å²) in [6.07, 6.45) is 11.5. The second-order valence-corrected chi connectivity index (χ2v) is 6.17. The molecule has 0 aliphatic heterocycles. The first-order chi connectivity index (χ1) is 10.8. The van der Waals surface area contributed by atoms with Gasteiger partial charge in [0, 0.05) is 12.1 Å². The van der Waals surface area contributed by atoms with Gasteiger partial charge in [-0.1, -0.05) is 63.5 Å². The Morgan fingerprint density at radius 3 is 2.55 bits per heavy atom. The second-order valence-electron chi connectivity index (χ2n) is 6.17. The quantitative estimate of drug-likeness (QED) is 0.670. The first kappa shape index (κ1) is 17.1. The van der Waals surface area contributed by atoms with E-state index in [1.54, 1.807) is 0 Å². The molecular weight excluding hydrogens is 270 g/mol. The lowest BCUT2D eigenvalue weighted by molar-refractivity contribution is 0.222. The molecule has 0 N–H and O–H groups in total. The van der Waals surface area contributed by atoms with E-state index in [9.17, 15) is 0 Å². The Morgan fingerprint density at radius 1 is 1.09 bits per heavy atom. The third kappa shape index (κ3) is 5.49. The molecule has 0 spiro atoms. The zero-order chi connectivity index (χ0) is 15.6. The standard InChI is InChI=1S/C20H31NO/c1-3-21(4-2)16-17-22-20-13-9-8-12-19(20)15-14-18-10-6-5-7-11-18/h8-9,12-15,18H,3-7,10-11,16-17H2,1-2H3/b15-14+. The highest BCUT2D eigenvalue weighted by atomic mass is 16.5. The lowest BCUT2D eigenvalue weighted by atomic mass is 9.89. The van der Waals surface area contributed by atoms with E-state index in [1.807, 2.05) is 0 Å². The van der Waals surface area contributed by atoms with Gasteiger partial charge in [-0.15, -0.1) is 0 Å². The van der Waals surface area contributed by atoms with Crippen LogP contribution in [0, 0.1) is 5.92 Å². The highest BCUT2D eigenvalue weighted by molar-refractivity contribution is 5.57. The van der Waals surface area contributed by atoms with Crippen LogP contribution in [0.5, 0.6) is 5.75 Å². The van der Waals surface area contributed by atoms with Gasteiger partial charge in [0.05, 0.1) is 0 Å². The van der Waals surface area contributed by atoms with E-state index in [0.717, 1.165) is 37.9 Å². The largest absolute Gasteiger partial charge is 0.492 e. The molecule has 0 heterocycles. The van der Waals surface area contributed by atoms with Crippen molar-refractivity contribution in [2.45, 2.75) is 46.0 Å². The summed E-state index contributed by atoms with van der Waals surface area (Å²) < 4.78 is 6.02. The molecule has 0 bridgehead atoms.